The first-order chi connectivity index (χ1) is 16.5. The molecular formula is C24H26BrN5O3S. The summed E-state index contributed by atoms with van der Waals surface area (Å²) < 4.78 is 13.5. The molecule has 2 heterocycles. The highest BCUT2D eigenvalue weighted by molar-refractivity contribution is 9.10. The van der Waals surface area contributed by atoms with Crippen LogP contribution in [-0.4, -0.2) is 40.6 Å². The largest absolute Gasteiger partial charge is 0.493 e. The van der Waals surface area contributed by atoms with Crippen LogP contribution in [0.1, 0.15) is 31.9 Å². The van der Waals surface area contributed by atoms with Crippen molar-refractivity contribution >= 4 is 45.2 Å². The van der Waals surface area contributed by atoms with Crippen molar-refractivity contribution in [2.24, 2.45) is 0 Å². The number of carbonyl (C=O) groups excluding carboxylic acids is 1. The van der Waals surface area contributed by atoms with Crippen LogP contribution in [0.25, 0.3) is 0 Å². The molecule has 4 rings (SSSR count). The maximum Gasteiger partial charge on any atom is 0.255 e. The summed E-state index contributed by atoms with van der Waals surface area (Å²) >= 11 is 5.17. The standard InChI is InChI=1S/C24H26BrN5O3S/c1-5-11-34-24-28-23-26-14(2)19(22(31)27-16-9-7-6-8-10-16)20(30(23)29-24)15-12-17(25)21(33-4)18(13-15)32-3/h6-10,12-13,20H,5,11H2,1-4H3,(H,27,31)(H,26,28,29). The topological polar surface area (TPSA) is 90.3 Å². The van der Waals surface area contributed by atoms with Gasteiger partial charge in [0.2, 0.25) is 11.1 Å². The van der Waals surface area contributed by atoms with Gasteiger partial charge in [-0.2, -0.15) is 4.98 Å². The molecule has 0 spiro atoms. The number of hydrogen-bond donors (Lipinski definition) is 2. The molecule has 1 aliphatic heterocycles. The van der Waals surface area contributed by atoms with E-state index in [0.29, 0.717) is 44.0 Å². The number of ether oxygens (including phenoxy) is 2. The molecule has 1 unspecified atom stereocenters. The van der Waals surface area contributed by atoms with E-state index in [1.807, 2.05) is 49.4 Å². The van der Waals surface area contributed by atoms with Gasteiger partial charge in [0.05, 0.1) is 24.3 Å². The van der Waals surface area contributed by atoms with Gasteiger partial charge in [-0.1, -0.05) is 36.9 Å². The number of fused-ring (bicyclic) bond motifs is 1. The normalized spacial score (nSPS) is 14.9. The van der Waals surface area contributed by atoms with Gasteiger partial charge in [0.25, 0.3) is 5.91 Å². The molecule has 34 heavy (non-hydrogen) atoms. The molecule has 2 N–H and O–H groups in total. The summed E-state index contributed by atoms with van der Waals surface area (Å²) in [5.74, 6) is 2.39. The number of hydrogen-bond acceptors (Lipinski definition) is 7. The maximum absolute atomic E-state index is 13.6. The van der Waals surface area contributed by atoms with Crippen LogP contribution in [0.15, 0.2) is 63.4 Å². The van der Waals surface area contributed by atoms with E-state index in [0.717, 1.165) is 17.7 Å². The molecular weight excluding hydrogens is 518 g/mol. The molecule has 0 aliphatic carbocycles. The smallest absolute Gasteiger partial charge is 0.255 e. The summed E-state index contributed by atoms with van der Waals surface area (Å²) in [4.78, 5) is 18.2. The highest BCUT2D eigenvalue weighted by Crippen LogP contribution is 2.43. The highest BCUT2D eigenvalue weighted by atomic mass is 79.9. The Morgan fingerprint density at radius 3 is 2.68 bits per heavy atom. The zero-order valence-corrected chi connectivity index (χ0v) is 21.8. The van der Waals surface area contributed by atoms with Gasteiger partial charge in [-0.15, -0.1) is 5.10 Å². The Morgan fingerprint density at radius 2 is 2.00 bits per heavy atom. The van der Waals surface area contributed by atoms with E-state index in [4.69, 9.17) is 14.6 Å². The van der Waals surface area contributed by atoms with E-state index < -0.39 is 6.04 Å². The molecule has 0 radical (unpaired) electrons. The number of nitrogens with one attached hydrogen (secondary N) is 2. The van der Waals surface area contributed by atoms with Gasteiger partial charge < -0.3 is 20.1 Å². The van der Waals surface area contributed by atoms with Gasteiger partial charge in [-0.25, -0.2) is 4.68 Å². The number of carbonyl (C=O) groups is 1. The monoisotopic (exact) mass is 543 g/mol. The number of benzene rings is 2. The number of para-hydroxylation sites is 1. The SMILES string of the molecule is CCCSc1nc2n(n1)C(c1cc(Br)c(OC)c(OC)c1)C(C(=O)Nc1ccccc1)=C(C)N2. The molecule has 2 aromatic carbocycles. The lowest BCUT2D eigenvalue weighted by molar-refractivity contribution is -0.113. The fourth-order valence-electron chi connectivity index (χ4n) is 3.80. The average molecular weight is 544 g/mol. The Balaban J connectivity index is 1.83. The van der Waals surface area contributed by atoms with Crippen molar-refractivity contribution in [3.63, 3.8) is 0 Å². The number of anilines is 2. The third-order valence-corrected chi connectivity index (χ3v) is 6.95. The van der Waals surface area contributed by atoms with Gasteiger partial charge in [-0.3, -0.25) is 4.79 Å². The minimum atomic E-state index is -0.528. The van der Waals surface area contributed by atoms with E-state index in [2.05, 4.69) is 38.5 Å². The number of rotatable bonds is 8. The Morgan fingerprint density at radius 1 is 1.24 bits per heavy atom. The fraction of sp³-hybridized carbons (Fsp3) is 0.292. The van der Waals surface area contributed by atoms with Crippen LogP contribution >= 0.6 is 27.7 Å². The van der Waals surface area contributed by atoms with Gasteiger partial charge >= 0.3 is 0 Å². The van der Waals surface area contributed by atoms with Gasteiger partial charge in [0, 0.05) is 17.1 Å². The number of aromatic nitrogens is 3. The van der Waals surface area contributed by atoms with Crippen molar-refractivity contribution in [1.82, 2.24) is 14.8 Å². The summed E-state index contributed by atoms with van der Waals surface area (Å²) in [6.45, 7) is 3.99. The molecule has 1 aromatic heterocycles. The molecule has 1 amide bonds. The van der Waals surface area contributed by atoms with E-state index >= 15 is 0 Å². The van der Waals surface area contributed by atoms with E-state index in [-0.39, 0.29) is 5.91 Å². The van der Waals surface area contributed by atoms with Crippen LogP contribution in [0.2, 0.25) is 0 Å². The average Bonchev–Trinajstić information content (AvgIpc) is 3.24. The molecule has 1 aliphatic rings. The van der Waals surface area contributed by atoms with Crippen molar-refractivity contribution in [3.05, 3.63) is 63.8 Å². The maximum atomic E-state index is 13.6. The molecule has 10 heteroatoms. The lowest BCUT2D eigenvalue weighted by Crippen LogP contribution is -2.31. The lowest BCUT2D eigenvalue weighted by Gasteiger charge is -2.29. The van der Waals surface area contributed by atoms with Crippen molar-refractivity contribution in [2.75, 3.05) is 30.6 Å². The van der Waals surface area contributed by atoms with Crippen molar-refractivity contribution in [2.45, 2.75) is 31.5 Å². The number of thioether (sulfide) groups is 1. The van der Waals surface area contributed by atoms with E-state index in [1.165, 1.54) is 0 Å². The number of allylic oxidation sites excluding steroid dienone is 1. The second-order valence-corrected chi connectivity index (χ2v) is 9.55. The number of methoxy groups -OCH3 is 2. The Kier molecular flexibility index (Phi) is 7.47. The number of halogens is 1. The quantitative estimate of drug-likeness (QED) is 0.363. The Bertz CT molecular complexity index is 1230. The van der Waals surface area contributed by atoms with Crippen molar-refractivity contribution in [3.8, 4) is 11.5 Å². The molecule has 0 bridgehead atoms. The summed E-state index contributed by atoms with van der Waals surface area (Å²) in [7, 11) is 3.17. The van der Waals surface area contributed by atoms with Crippen LogP contribution in [0, 0.1) is 0 Å². The minimum absolute atomic E-state index is 0.226. The third kappa shape index (κ3) is 4.78. The Labute approximate surface area is 211 Å². The summed E-state index contributed by atoms with van der Waals surface area (Å²) in [5.41, 5.74) is 2.76. The van der Waals surface area contributed by atoms with E-state index in [1.54, 1.807) is 30.7 Å². The Hall–Kier alpha value is -2.98. The fourth-order valence-corrected chi connectivity index (χ4v) is 5.11. The summed E-state index contributed by atoms with van der Waals surface area (Å²) in [6, 6.07) is 12.6. The third-order valence-electron chi connectivity index (χ3n) is 5.32. The summed E-state index contributed by atoms with van der Waals surface area (Å²) in [6.07, 6.45) is 1.01. The van der Waals surface area contributed by atoms with Gasteiger partial charge in [0.15, 0.2) is 11.5 Å². The second-order valence-electron chi connectivity index (χ2n) is 7.64. The first-order valence-electron chi connectivity index (χ1n) is 10.8. The zero-order valence-electron chi connectivity index (χ0n) is 19.4. The zero-order chi connectivity index (χ0) is 24.2. The lowest BCUT2D eigenvalue weighted by atomic mass is 9.94. The van der Waals surface area contributed by atoms with Gasteiger partial charge in [-0.05, 0) is 59.1 Å². The van der Waals surface area contributed by atoms with E-state index in [9.17, 15) is 4.79 Å². The predicted octanol–water partition coefficient (Wildman–Crippen LogP) is 5.49. The van der Waals surface area contributed by atoms with Crippen molar-refractivity contribution in [1.29, 1.82) is 0 Å². The molecule has 178 valence electrons. The molecule has 0 saturated carbocycles. The molecule has 8 nitrogen and oxygen atoms in total. The van der Waals surface area contributed by atoms with Crippen LogP contribution in [-0.2, 0) is 4.79 Å². The van der Waals surface area contributed by atoms with Crippen LogP contribution in [0.5, 0.6) is 11.5 Å². The highest BCUT2D eigenvalue weighted by Gasteiger charge is 2.35. The number of nitrogens with zero attached hydrogens (tertiary/aromatic N) is 3. The predicted molar refractivity (Wildman–Crippen MR) is 138 cm³/mol. The van der Waals surface area contributed by atoms with Crippen LogP contribution in [0.4, 0.5) is 11.6 Å². The van der Waals surface area contributed by atoms with Crippen LogP contribution in [0.3, 0.4) is 0 Å². The molecule has 0 saturated heterocycles. The van der Waals surface area contributed by atoms with Crippen LogP contribution < -0.4 is 20.1 Å². The summed E-state index contributed by atoms with van der Waals surface area (Å²) in [5, 5.41) is 11.7. The van der Waals surface area contributed by atoms with Crippen molar-refractivity contribution < 1.29 is 14.3 Å². The first-order valence-corrected chi connectivity index (χ1v) is 12.6. The first kappa shape index (κ1) is 24.2. The van der Waals surface area contributed by atoms with Gasteiger partial charge in [0.1, 0.15) is 6.04 Å². The molecule has 1 atom stereocenters. The number of amides is 1. The molecule has 0 fully saturated rings. The molecule has 3 aromatic rings. The minimum Gasteiger partial charge on any atom is -0.493 e. The second kappa shape index (κ2) is 10.5.